The van der Waals surface area contributed by atoms with Crippen molar-refractivity contribution in [3.05, 3.63) is 23.8 Å². The third-order valence-corrected chi connectivity index (χ3v) is 5.66. The van der Waals surface area contributed by atoms with Crippen LogP contribution in [0, 0.1) is 0 Å². The van der Waals surface area contributed by atoms with Crippen molar-refractivity contribution in [2.75, 3.05) is 20.1 Å². The van der Waals surface area contributed by atoms with Crippen LogP contribution in [0.25, 0.3) is 0 Å². The average molecular weight is 372 g/mol. The predicted octanol–water partition coefficient (Wildman–Crippen LogP) is 2.00. The molecule has 8 nitrogen and oxygen atoms in total. The van der Waals surface area contributed by atoms with Crippen molar-refractivity contribution in [2.24, 2.45) is 0 Å². The lowest BCUT2D eigenvalue weighted by atomic mass is 9.85. The molecular weight excluding hydrogens is 348 g/mol. The lowest BCUT2D eigenvalue weighted by Gasteiger charge is -2.25. The average Bonchev–Trinajstić information content (AvgIpc) is 2.78. The second-order valence-electron chi connectivity index (χ2n) is 6.11. The number of benzene rings is 1. The zero-order chi connectivity index (χ0) is 18.8. The van der Waals surface area contributed by atoms with E-state index in [4.69, 9.17) is 13.7 Å². The molecule has 1 aromatic rings. The third-order valence-electron chi connectivity index (χ3n) is 4.11. The molecule has 0 aliphatic carbocycles. The molecule has 1 aromatic carbocycles. The van der Waals surface area contributed by atoms with E-state index < -0.39 is 28.1 Å². The molecule has 0 aromatic heterocycles. The maximum Gasteiger partial charge on any atom is 0.409 e. The lowest BCUT2D eigenvalue weighted by molar-refractivity contribution is -0.0558. The van der Waals surface area contributed by atoms with Crippen LogP contribution in [0.2, 0.25) is 0 Å². The van der Waals surface area contributed by atoms with Crippen molar-refractivity contribution < 1.29 is 26.9 Å². The molecular formula is C16H24N2O6S. The summed E-state index contributed by atoms with van der Waals surface area (Å²) in [5, 5.41) is 2.37. The van der Waals surface area contributed by atoms with Gasteiger partial charge in [0.1, 0.15) is 11.5 Å². The molecule has 0 spiro atoms. The number of nitrogens with zero attached hydrogens (tertiary/aromatic N) is 1. The number of hydrogen-bond donors (Lipinski definition) is 1. The number of ether oxygens (including phenoxy) is 2. The summed E-state index contributed by atoms with van der Waals surface area (Å²) in [5.74, 6) is 0.703. The van der Waals surface area contributed by atoms with Crippen molar-refractivity contribution in [2.45, 2.75) is 39.4 Å². The van der Waals surface area contributed by atoms with Gasteiger partial charge in [-0.1, -0.05) is 13.8 Å². The first kappa shape index (κ1) is 19.3. The molecule has 1 unspecified atom stereocenters. The summed E-state index contributed by atoms with van der Waals surface area (Å²) in [7, 11) is -2.41. The van der Waals surface area contributed by atoms with Gasteiger partial charge in [-0.2, -0.15) is 12.7 Å². The fourth-order valence-electron chi connectivity index (χ4n) is 2.60. The summed E-state index contributed by atoms with van der Waals surface area (Å²) in [6.45, 7) is 7.81. The molecule has 0 fully saturated rings. The van der Waals surface area contributed by atoms with E-state index in [1.54, 1.807) is 26.0 Å². The molecule has 0 saturated heterocycles. The molecule has 0 bridgehead atoms. The van der Waals surface area contributed by atoms with Gasteiger partial charge in [-0.25, -0.2) is 4.79 Å². The largest absolute Gasteiger partial charge is 0.453 e. The molecule has 1 amide bonds. The van der Waals surface area contributed by atoms with Crippen molar-refractivity contribution in [3.8, 4) is 11.5 Å². The first-order valence-corrected chi connectivity index (χ1v) is 9.41. The standard InChI is InChI=1S/C16H24N2O6S/c1-6-18(7-2)25(20,21)24-11-8-9-13-12(10-11)16(3,4)14(22-13)23-15(19)17-5/h8-10,14H,6-7H2,1-5H3,(H,17,19). The minimum Gasteiger partial charge on any atom is -0.453 e. The first-order valence-electron chi connectivity index (χ1n) is 8.04. The third kappa shape index (κ3) is 3.82. The van der Waals surface area contributed by atoms with Crippen LogP contribution in [0.1, 0.15) is 33.3 Å². The number of carbonyl (C=O) groups is 1. The number of hydrogen-bond acceptors (Lipinski definition) is 6. The van der Waals surface area contributed by atoms with Crippen molar-refractivity contribution in [3.63, 3.8) is 0 Å². The topological polar surface area (TPSA) is 94.2 Å². The van der Waals surface area contributed by atoms with Crippen LogP contribution in [0.4, 0.5) is 4.79 Å². The number of carbonyl (C=O) groups excluding carboxylic acids is 1. The van der Waals surface area contributed by atoms with Crippen molar-refractivity contribution >= 4 is 16.4 Å². The second kappa shape index (κ2) is 7.09. The highest BCUT2D eigenvalue weighted by molar-refractivity contribution is 7.84. The Labute approximate surface area is 148 Å². The van der Waals surface area contributed by atoms with Gasteiger partial charge in [0.25, 0.3) is 6.29 Å². The minimum atomic E-state index is -3.87. The zero-order valence-electron chi connectivity index (χ0n) is 15.0. The molecule has 1 aliphatic heterocycles. The highest BCUT2D eigenvalue weighted by atomic mass is 32.2. The molecule has 0 saturated carbocycles. The summed E-state index contributed by atoms with van der Waals surface area (Å²) >= 11 is 0. The summed E-state index contributed by atoms with van der Waals surface area (Å²) in [6, 6.07) is 4.72. The number of amides is 1. The first-order chi connectivity index (χ1) is 11.7. The second-order valence-corrected chi connectivity index (χ2v) is 7.65. The Morgan fingerprint density at radius 2 is 1.96 bits per heavy atom. The van der Waals surface area contributed by atoms with E-state index in [1.165, 1.54) is 17.4 Å². The minimum absolute atomic E-state index is 0.183. The van der Waals surface area contributed by atoms with Gasteiger partial charge in [0.15, 0.2) is 0 Å². The summed E-state index contributed by atoms with van der Waals surface area (Å²) in [6.07, 6.45) is -1.43. The molecule has 1 aliphatic rings. The van der Waals surface area contributed by atoms with E-state index in [0.717, 1.165) is 0 Å². The highest BCUT2D eigenvalue weighted by Crippen LogP contribution is 2.44. The molecule has 1 heterocycles. The number of fused-ring (bicyclic) bond motifs is 1. The Balaban J connectivity index is 2.27. The molecule has 9 heteroatoms. The molecule has 25 heavy (non-hydrogen) atoms. The van der Waals surface area contributed by atoms with Gasteiger partial charge in [0.05, 0.1) is 5.41 Å². The van der Waals surface area contributed by atoms with E-state index in [-0.39, 0.29) is 5.75 Å². The Kier molecular flexibility index (Phi) is 5.48. The summed E-state index contributed by atoms with van der Waals surface area (Å²) < 4.78 is 41.9. The molecule has 2 rings (SSSR count). The van der Waals surface area contributed by atoms with Crippen LogP contribution < -0.4 is 14.2 Å². The van der Waals surface area contributed by atoms with E-state index in [2.05, 4.69) is 5.32 Å². The zero-order valence-corrected chi connectivity index (χ0v) is 15.8. The van der Waals surface area contributed by atoms with Crippen LogP contribution in [0.5, 0.6) is 11.5 Å². The van der Waals surface area contributed by atoms with Gasteiger partial charge >= 0.3 is 16.4 Å². The number of rotatable bonds is 6. The molecule has 1 atom stereocenters. The van der Waals surface area contributed by atoms with Crippen molar-refractivity contribution in [1.29, 1.82) is 0 Å². The maximum atomic E-state index is 12.3. The van der Waals surface area contributed by atoms with Crippen LogP contribution in [-0.2, 0) is 20.5 Å². The van der Waals surface area contributed by atoms with Crippen LogP contribution >= 0.6 is 0 Å². The Bertz CT molecular complexity index is 743. The molecule has 1 N–H and O–H groups in total. The van der Waals surface area contributed by atoms with E-state index >= 15 is 0 Å². The Morgan fingerprint density at radius 3 is 2.52 bits per heavy atom. The van der Waals surface area contributed by atoms with Gasteiger partial charge in [-0.15, -0.1) is 0 Å². The van der Waals surface area contributed by atoms with E-state index in [0.29, 0.717) is 24.4 Å². The van der Waals surface area contributed by atoms with Gasteiger partial charge < -0.3 is 19.0 Å². The maximum absolute atomic E-state index is 12.3. The Hall–Kier alpha value is -2.00. The van der Waals surface area contributed by atoms with Gasteiger partial charge in [-0.05, 0) is 32.0 Å². The smallest absolute Gasteiger partial charge is 0.409 e. The quantitative estimate of drug-likeness (QED) is 0.821. The van der Waals surface area contributed by atoms with E-state index in [9.17, 15) is 13.2 Å². The van der Waals surface area contributed by atoms with Crippen LogP contribution in [0.15, 0.2) is 18.2 Å². The molecule has 140 valence electrons. The van der Waals surface area contributed by atoms with Crippen LogP contribution in [0.3, 0.4) is 0 Å². The van der Waals surface area contributed by atoms with Crippen molar-refractivity contribution in [1.82, 2.24) is 9.62 Å². The fourth-order valence-corrected chi connectivity index (χ4v) is 3.68. The van der Waals surface area contributed by atoms with E-state index in [1.807, 2.05) is 13.8 Å². The monoisotopic (exact) mass is 372 g/mol. The fraction of sp³-hybridized carbons (Fsp3) is 0.562. The van der Waals surface area contributed by atoms with Gasteiger partial charge in [0, 0.05) is 25.7 Å². The number of nitrogens with one attached hydrogen (secondary N) is 1. The SMILES string of the molecule is CCN(CC)S(=O)(=O)Oc1ccc2c(c1)C(C)(C)C(OC(=O)NC)O2. The highest BCUT2D eigenvalue weighted by Gasteiger charge is 2.44. The van der Waals surface area contributed by atoms with Crippen LogP contribution in [-0.4, -0.2) is 45.2 Å². The summed E-state index contributed by atoms with van der Waals surface area (Å²) in [5.41, 5.74) is 0.0360. The van der Waals surface area contributed by atoms with Gasteiger partial charge in [-0.3, -0.25) is 0 Å². The molecule has 0 radical (unpaired) electrons. The lowest BCUT2D eigenvalue weighted by Crippen LogP contribution is -2.39. The normalized spacial score (nSPS) is 18.4. The van der Waals surface area contributed by atoms with Gasteiger partial charge in [0.2, 0.25) is 0 Å². The number of alkyl carbamates (subject to hydrolysis) is 1. The Morgan fingerprint density at radius 1 is 1.32 bits per heavy atom. The summed E-state index contributed by atoms with van der Waals surface area (Å²) in [4.78, 5) is 11.5. The predicted molar refractivity (Wildman–Crippen MR) is 91.9 cm³/mol.